The minimum Gasteiger partial charge on any atom is -0.548 e. The van der Waals surface area contributed by atoms with Crippen molar-refractivity contribution in [2.24, 2.45) is 5.92 Å². The van der Waals surface area contributed by atoms with Gasteiger partial charge in [-0.3, -0.25) is 4.79 Å². The third-order valence-corrected chi connectivity index (χ3v) is 5.85. The summed E-state index contributed by atoms with van der Waals surface area (Å²) >= 11 is 1.64. The molecule has 1 amide bonds. The first kappa shape index (κ1) is 15.7. The molecule has 0 aromatic rings. The Balaban J connectivity index is 2.08. The summed E-state index contributed by atoms with van der Waals surface area (Å²) in [6.07, 6.45) is 8.16. The molecule has 1 saturated carbocycles. The number of hydrogen-bond donors (Lipinski definition) is 0. The van der Waals surface area contributed by atoms with E-state index in [0.29, 0.717) is 18.1 Å². The predicted octanol–water partition coefficient (Wildman–Crippen LogP) is 1.78. The molecule has 0 unspecified atom stereocenters. The summed E-state index contributed by atoms with van der Waals surface area (Å²) in [5.74, 6) is -0.146. The van der Waals surface area contributed by atoms with Crippen molar-refractivity contribution >= 4 is 23.6 Å². The van der Waals surface area contributed by atoms with E-state index in [1.165, 1.54) is 19.3 Å². The summed E-state index contributed by atoms with van der Waals surface area (Å²) in [5, 5.41) is 11.4. The highest BCUT2D eigenvalue weighted by molar-refractivity contribution is 8.00. The number of carboxylic acids is 1. The Labute approximate surface area is 125 Å². The maximum atomic E-state index is 12.4. The molecule has 1 aliphatic heterocycles. The summed E-state index contributed by atoms with van der Waals surface area (Å²) in [4.78, 5) is 25.3. The topological polar surface area (TPSA) is 60.4 Å². The van der Waals surface area contributed by atoms with E-state index >= 15 is 0 Å². The molecule has 0 aromatic heterocycles. The summed E-state index contributed by atoms with van der Waals surface area (Å²) in [6.45, 7) is 2.04. The molecule has 1 aliphatic carbocycles. The highest BCUT2D eigenvalue weighted by Gasteiger charge is 2.41. The molecular formula is C15H24NO3S-. The first-order chi connectivity index (χ1) is 9.65. The van der Waals surface area contributed by atoms with Crippen LogP contribution in [0.25, 0.3) is 0 Å². The van der Waals surface area contributed by atoms with Crippen molar-refractivity contribution in [2.45, 2.75) is 69.7 Å². The Kier molecular flexibility index (Phi) is 5.75. The van der Waals surface area contributed by atoms with Gasteiger partial charge in [-0.15, -0.1) is 11.8 Å². The highest BCUT2D eigenvalue weighted by Crippen LogP contribution is 2.40. The van der Waals surface area contributed by atoms with E-state index in [-0.39, 0.29) is 11.3 Å². The molecule has 0 spiro atoms. The number of hydrogen-bond acceptors (Lipinski definition) is 4. The van der Waals surface area contributed by atoms with E-state index in [2.05, 4.69) is 0 Å². The van der Waals surface area contributed by atoms with Crippen LogP contribution in [0.5, 0.6) is 0 Å². The fraction of sp³-hybridized carbons (Fsp3) is 0.867. The zero-order valence-electron chi connectivity index (χ0n) is 12.2. The second-order valence-electron chi connectivity index (χ2n) is 5.86. The number of thioether (sulfide) groups is 1. The van der Waals surface area contributed by atoms with Crippen molar-refractivity contribution in [3.63, 3.8) is 0 Å². The van der Waals surface area contributed by atoms with E-state index < -0.39 is 12.0 Å². The van der Waals surface area contributed by atoms with Gasteiger partial charge in [0.15, 0.2) is 0 Å². The molecule has 0 radical (unpaired) electrons. The van der Waals surface area contributed by atoms with Gasteiger partial charge in [0.2, 0.25) is 5.91 Å². The van der Waals surface area contributed by atoms with Crippen LogP contribution in [0.4, 0.5) is 0 Å². The lowest BCUT2D eigenvalue weighted by atomic mass is 9.88. The Bertz CT molecular complexity index is 355. The fourth-order valence-electron chi connectivity index (χ4n) is 3.26. The molecule has 20 heavy (non-hydrogen) atoms. The lowest BCUT2D eigenvalue weighted by Gasteiger charge is -2.36. The standard InChI is InChI=1S/C15H25NO3S/c1-2-3-9-13(17)16-12(15(18)19)10-20-14(16)11-7-5-4-6-8-11/h11-12,14H,2-10H2,1H3,(H,18,19)/p-1/t12-,14+/m0/s1. The van der Waals surface area contributed by atoms with E-state index in [1.54, 1.807) is 16.7 Å². The molecule has 2 atom stereocenters. The van der Waals surface area contributed by atoms with Crippen LogP contribution in [0.2, 0.25) is 0 Å². The summed E-state index contributed by atoms with van der Waals surface area (Å²) in [7, 11) is 0. The van der Waals surface area contributed by atoms with Crippen LogP contribution in [0.3, 0.4) is 0 Å². The predicted molar refractivity (Wildman–Crippen MR) is 78.0 cm³/mol. The van der Waals surface area contributed by atoms with E-state index in [4.69, 9.17) is 0 Å². The molecule has 2 aliphatic rings. The molecule has 4 nitrogen and oxygen atoms in total. The Morgan fingerprint density at radius 3 is 2.55 bits per heavy atom. The van der Waals surface area contributed by atoms with Crippen LogP contribution < -0.4 is 5.11 Å². The first-order valence-electron chi connectivity index (χ1n) is 7.78. The minimum absolute atomic E-state index is 0.00150. The molecule has 5 heteroatoms. The summed E-state index contributed by atoms with van der Waals surface area (Å²) in [5.41, 5.74) is 0. The second-order valence-corrected chi connectivity index (χ2v) is 7.01. The summed E-state index contributed by atoms with van der Waals surface area (Å²) < 4.78 is 0. The Hall–Kier alpha value is -0.710. The van der Waals surface area contributed by atoms with E-state index in [0.717, 1.165) is 25.7 Å². The molecule has 0 aromatic carbocycles. The number of unbranched alkanes of at least 4 members (excludes halogenated alkanes) is 1. The van der Waals surface area contributed by atoms with Crippen molar-refractivity contribution in [3.8, 4) is 0 Å². The Morgan fingerprint density at radius 1 is 1.25 bits per heavy atom. The van der Waals surface area contributed by atoms with Crippen LogP contribution in [0, 0.1) is 5.92 Å². The van der Waals surface area contributed by atoms with Crippen molar-refractivity contribution in [2.75, 3.05) is 5.75 Å². The fourth-order valence-corrected chi connectivity index (χ4v) is 4.91. The van der Waals surface area contributed by atoms with Gasteiger partial charge in [-0.25, -0.2) is 0 Å². The lowest BCUT2D eigenvalue weighted by Crippen LogP contribution is -2.52. The van der Waals surface area contributed by atoms with Crippen LogP contribution in [0.1, 0.15) is 58.3 Å². The number of amides is 1. The van der Waals surface area contributed by atoms with Gasteiger partial charge in [-0.05, 0) is 25.2 Å². The van der Waals surface area contributed by atoms with Gasteiger partial charge in [0, 0.05) is 12.2 Å². The number of carbonyl (C=O) groups excluding carboxylic acids is 2. The highest BCUT2D eigenvalue weighted by atomic mass is 32.2. The molecule has 2 fully saturated rings. The van der Waals surface area contributed by atoms with Gasteiger partial charge in [0.1, 0.15) is 0 Å². The monoisotopic (exact) mass is 298 g/mol. The molecule has 1 saturated heterocycles. The molecular weight excluding hydrogens is 274 g/mol. The number of rotatable bonds is 5. The largest absolute Gasteiger partial charge is 0.548 e. The zero-order valence-corrected chi connectivity index (χ0v) is 13.0. The van der Waals surface area contributed by atoms with Crippen molar-refractivity contribution < 1.29 is 14.7 Å². The smallest absolute Gasteiger partial charge is 0.224 e. The van der Waals surface area contributed by atoms with Crippen molar-refractivity contribution in [1.82, 2.24) is 4.90 Å². The van der Waals surface area contributed by atoms with Crippen LogP contribution >= 0.6 is 11.8 Å². The number of aliphatic carboxylic acids is 1. The molecule has 114 valence electrons. The van der Waals surface area contributed by atoms with Gasteiger partial charge < -0.3 is 14.8 Å². The van der Waals surface area contributed by atoms with Gasteiger partial charge >= 0.3 is 0 Å². The zero-order chi connectivity index (χ0) is 14.5. The maximum absolute atomic E-state index is 12.4. The van der Waals surface area contributed by atoms with Crippen LogP contribution in [-0.4, -0.2) is 33.9 Å². The summed E-state index contributed by atoms with van der Waals surface area (Å²) in [6, 6.07) is -0.726. The van der Waals surface area contributed by atoms with Gasteiger partial charge in [-0.2, -0.15) is 0 Å². The number of carboxylic acid groups (broad SMARTS) is 1. The van der Waals surface area contributed by atoms with Crippen molar-refractivity contribution in [3.05, 3.63) is 0 Å². The number of nitrogens with zero attached hydrogens (tertiary/aromatic N) is 1. The number of carbonyl (C=O) groups is 2. The van der Waals surface area contributed by atoms with Crippen molar-refractivity contribution in [1.29, 1.82) is 0 Å². The van der Waals surface area contributed by atoms with E-state index in [9.17, 15) is 14.7 Å². The quantitative estimate of drug-likeness (QED) is 0.776. The van der Waals surface area contributed by atoms with Gasteiger partial charge in [0.25, 0.3) is 0 Å². The lowest BCUT2D eigenvalue weighted by molar-refractivity contribution is -0.310. The molecule has 0 bridgehead atoms. The van der Waals surface area contributed by atoms with Gasteiger partial charge in [-0.1, -0.05) is 32.6 Å². The van der Waals surface area contributed by atoms with E-state index in [1.807, 2.05) is 6.92 Å². The average molecular weight is 298 g/mol. The molecule has 2 rings (SSSR count). The first-order valence-corrected chi connectivity index (χ1v) is 8.83. The average Bonchev–Trinajstić information content (AvgIpc) is 2.90. The third-order valence-electron chi connectivity index (χ3n) is 4.39. The van der Waals surface area contributed by atoms with Crippen LogP contribution in [-0.2, 0) is 9.59 Å². The third kappa shape index (κ3) is 3.48. The SMILES string of the molecule is CCCCC(=O)N1[C@@H](C2CCCCC2)SC[C@H]1C(=O)[O-]. The minimum atomic E-state index is -1.10. The van der Waals surface area contributed by atoms with Crippen LogP contribution in [0.15, 0.2) is 0 Å². The molecule has 1 heterocycles. The maximum Gasteiger partial charge on any atom is 0.224 e. The van der Waals surface area contributed by atoms with Gasteiger partial charge in [0.05, 0.1) is 17.4 Å². The Morgan fingerprint density at radius 2 is 1.95 bits per heavy atom. The molecule has 0 N–H and O–H groups in total. The normalized spacial score (nSPS) is 27.8. The second kappa shape index (κ2) is 7.34.